The Hall–Kier alpha value is -1.39. The van der Waals surface area contributed by atoms with Gasteiger partial charge in [-0.1, -0.05) is 41.4 Å². The quantitative estimate of drug-likeness (QED) is 0.733. The summed E-state index contributed by atoms with van der Waals surface area (Å²) in [6.45, 7) is 2.05. The number of halogens is 5. The van der Waals surface area contributed by atoms with Crippen molar-refractivity contribution >= 4 is 28.9 Å². The van der Waals surface area contributed by atoms with Crippen LogP contribution in [0.5, 0.6) is 0 Å². The number of aryl methyl sites for hydroxylation is 1. The molecular weight excluding hydrogens is 322 g/mol. The van der Waals surface area contributed by atoms with Crippen LogP contribution >= 0.6 is 23.2 Å². The normalized spacial score (nSPS) is 11.5. The lowest BCUT2D eigenvalue weighted by molar-refractivity contribution is -0.136. The maximum Gasteiger partial charge on any atom is 0.418 e. The average Bonchev–Trinajstić information content (AvgIpc) is 2.37. The number of para-hydroxylation sites is 1. The van der Waals surface area contributed by atoms with Gasteiger partial charge >= 0.3 is 6.18 Å². The van der Waals surface area contributed by atoms with E-state index in [1.54, 1.807) is 12.1 Å². The Kier molecular flexibility index (Phi) is 4.69. The number of rotatable bonds is 3. The molecule has 6 heteroatoms. The molecule has 2 rings (SSSR count). The van der Waals surface area contributed by atoms with Crippen LogP contribution in [0.25, 0.3) is 0 Å². The molecule has 0 aliphatic heterocycles. The van der Waals surface area contributed by atoms with Gasteiger partial charge in [-0.2, -0.15) is 13.2 Å². The van der Waals surface area contributed by atoms with E-state index >= 15 is 0 Å². The summed E-state index contributed by atoms with van der Waals surface area (Å²) in [6, 6.07) is 9.06. The number of anilines is 1. The van der Waals surface area contributed by atoms with Crippen molar-refractivity contribution in [3.05, 3.63) is 63.1 Å². The van der Waals surface area contributed by atoms with Crippen molar-refractivity contribution < 1.29 is 13.2 Å². The lowest BCUT2D eigenvalue weighted by atomic mass is 10.1. The Balaban J connectivity index is 2.28. The summed E-state index contributed by atoms with van der Waals surface area (Å²) >= 11 is 11.9. The number of alkyl halides is 3. The highest BCUT2D eigenvalue weighted by Crippen LogP contribution is 2.38. The van der Waals surface area contributed by atoms with E-state index in [1.165, 1.54) is 12.1 Å². The molecule has 0 saturated carbocycles. The largest absolute Gasteiger partial charge is 0.418 e. The van der Waals surface area contributed by atoms with Gasteiger partial charge in [0, 0.05) is 11.6 Å². The fourth-order valence-electron chi connectivity index (χ4n) is 1.92. The van der Waals surface area contributed by atoms with Gasteiger partial charge in [-0.25, -0.2) is 0 Å². The third kappa shape index (κ3) is 3.83. The topological polar surface area (TPSA) is 12.0 Å². The zero-order chi connectivity index (χ0) is 15.6. The molecule has 0 aliphatic rings. The second kappa shape index (κ2) is 6.16. The molecule has 21 heavy (non-hydrogen) atoms. The van der Waals surface area contributed by atoms with Crippen molar-refractivity contribution in [2.24, 2.45) is 0 Å². The molecular formula is C15H12Cl2F3N. The van der Waals surface area contributed by atoms with Crippen LogP contribution in [0.2, 0.25) is 10.0 Å². The van der Waals surface area contributed by atoms with Crippen LogP contribution in [0.3, 0.4) is 0 Å². The minimum Gasteiger partial charge on any atom is -0.379 e. The van der Waals surface area contributed by atoms with E-state index in [4.69, 9.17) is 23.2 Å². The molecule has 0 spiro atoms. The molecule has 112 valence electrons. The zero-order valence-electron chi connectivity index (χ0n) is 11.1. The van der Waals surface area contributed by atoms with Crippen LogP contribution in [0, 0.1) is 6.92 Å². The predicted molar refractivity (Wildman–Crippen MR) is 80.0 cm³/mol. The molecule has 1 nitrogen and oxygen atoms in total. The highest BCUT2D eigenvalue weighted by Gasteiger charge is 2.34. The number of nitrogens with one attached hydrogen (secondary N) is 1. The third-order valence-corrected chi connectivity index (χ3v) is 3.65. The highest BCUT2D eigenvalue weighted by molar-refractivity contribution is 6.33. The predicted octanol–water partition coefficient (Wildman–Crippen LogP) is 5.93. The van der Waals surface area contributed by atoms with E-state index in [-0.39, 0.29) is 17.3 Å². The molecule has 0 radical (unpaired) electrons. The molecule has 2 aromatic rings. The molecule has 0 unspecified atom stereocenters. The summed E-state index contributed by atoms with van der Waals surface area (Å²) in [7, 11) is 0. The molecule has 2 aromatic carbocycles. The second-order valence-corrected chi connectivity index (χ2v) is 5.42. The van der Waals surface area contributed by atoms with Gasteiger partial charge in [0.2, 0.25) is 0 Å². The molecule has 0 aliphatic carbocycles. The fourth-order valence-corrected chi connectivity index (χ4v) is 2.46. The van der Waals surface area contributed by atoms with Crippen LogP contribution in [0.4, 0.5) is 18.9 Å². The zero-order valence-corrected chi connectivity index (χ0v) is 12.6. The Bertz CT molecular complexity index is 654. The van der Waals surface area contributed by atoms with E-state index < -0.39 is 11.7 Å². The van der Waals surface area contributed by atoms with Gasteiger partial charge < -0.3 is 5.32 Å². The summed E-state index contributed by atoms with van der Waals surface area (Å²) < 4.78 is 38.9. The maximum absolute atomic E-state index is 13.0. The Morgan fingerprint density at radius 3 is 2.38 bits per heavy atom. The van der Waals surface area contributed by atoms with E-state index in [0.29, 0.717) is 10.6 Å². The average molecular weight is 334 g/mol. The van der Waals surface area contributed by atoms with Crippen molar-refractivity contribution in [3.8, 4) is 0 Å². The monoisotopic (exact) mass is 333 g/mol. The Morgan fingerprint density at radius 1 is 1.05 bits per heavy atom. The van der Waals surface area contributed by atoms with Gasteiger partial charge in [-0.15, -0.1) is 0 Å². The Morgan fingerprint density at radius 2 is 1.76 bits per heavy atom. The first-order chi connectivity index (χ1) is 9.79. The summed E-state index contributed by atoms with van der Waals surface area (Å²) in [5.41, 5.74) is 0.759. The van der Waals surface area contributed by atoms with E-state index in [1.807, 2.05) is 13.0 Å². The summed E-state index contributed by atoms with van der Waals surface area (Å²) in [5, 5.41) is 3.25. The lowest BCUT2D eigenvalue weighted by Gasteiger charge is -2.16. The molecule has 1 N–H and O–H groups in total. The van der Waals surface area contributed by atoms with Crippen molar-refractivity contribution in [2.75, 3.05) is 5.32 Å². The molecule has 0 heterocycles. The molecule has 0 fully saturated rings. The van der Waals surface area contributed by atoms with Gasteiger partial charge in [-0.3, -0.25) is 0 Å². The minimum atomic E-state index is -4.47. The molecule has 0 amide bonds. The molecule has 0 bridgehead atoms. The SMILES string of the molecule is Cc1ccc(CNc2c(Cl)cccc2C(F)(F)F)c(Cl)c1. The fraction of sp³-hybridized carbons (Fsp3) is 0.200. The van der Waals surface area contributed by atoms with Crippen LogP contribution in [0.15, 0.2) is 36.4 Å². The maximum atomic E-state index is 13.0. The van der Waals surface area contributed by atoms with E-state index in [9.17, 15) is 13.2 Å². The second-order valence-electron chi connectivity index (χ2n) is 4.61. The van der Waals surface area contributed by atoms with Crippen LogP contribution in [0.1, 0.15) is 16.7 Å². The van der Waals surface area contributed by atoms with Crippen molar-refractivity contribution in [1.82, 2.24) is 0 Å². The van der Waals surface area contributed by atoms with Gasteiger partial charge in [0.25, 0.3) is 0 Å². The first-order valence-corrected chi connectivity index (χ1v) is 6.89. The summed E-state index contributed by atoms with van der Waals surface area (Å²) in [4.78, 5) is 0. The lowest BCUT2D eigenvalue weighted by Crippen LogP contribution is -2.11. The number of hydrogen-bond acceptors (Lipinski definition) is 1. The molecule has 0 atom stereocenters. The molecule has 0 saturated heterocycles. The smallest absolute Gasteiger partial charge is 0.379 e. The minimum absolute atomic E-state index is 0.0214. The number of hydrogen-bond donors (Lipinski definition) is 1. The van der Waals surface area contributed by atoms with E-state index in [2.05, 4.69) is 5.32 Å². The molecule has 0 aromatic heterocycles. The van der Waals surface area contributed by atoms with Crippen molar-refractivity contribution in [2.45, 2.75) is 19.6 Å². The van der Waals surface area contributed by atoms with Gasteiger partial charge in [-0.05, 0) is 36.2 Å². The van der Waals surface area contributed by atoms with Gasteiger partial charge in [0.1, 0.15) is 0 Å². The van der Waals surface area contributed by atoms with E-state index in [0.717, 1.165) is 11.6 Å². The Labute approximate surface area is 130 Å². The van der Waals surface area contributed by atoms with Crippen molar-refractivity contribution in [1.29, 1.82) is 0 Å². The van der Waals surface area contributed by atoms with Crippen molar-refractivity contribution in [3.63, 3.8) is 0 Å². The third-order valence-electron chi connectivity index (χ3n) is 2.98. The van der Waals surface area contributed by atoms with Crippen LogP contribution < -0.4 is 5.32 Å². The van der Waals surface area contributed by atoms with Gasteiger partial charge in [0.05, 0.1) is 16.3 Å². The van der Waals surface area contributed by atoms with Crippen LogP contribution in [-0.2, 0) is 12.7 Å². The first-order valence-electron chi connectivity index (χ1n) is 6.13. The number of benzene rings is 2. The van der Waals surface area contributed by atoms with Gasteiger partial charge in [0.15, 0.2) is 0 Å². The summed E-state index contributed by atoms with van der Waals surface area (Å²) in [6.07, 6.45) is -4.47. The first kappa shape index (κ1) is 16.0. The summed E-state index contributed by atoms with van der Waals surface area (Å²) in [5.74, 6) is 0. The highest BCUT2D eigenvalue weighted by atomic mass is 35.5. The van der Waals surface area contributed by atoms with Crippen LogP contribution in [-0.4, -0.2) is 0 Å². The standard InChI is InChI=1S/C15H12Cl2F3N/c1-9-5-6-10(13(17)7-9)8-21-14-11(15(18,19)20)3-2-4-12(14)16/h2-7,21H,8H2,1H3.